The van der Waals surface area contributed by atoms with Crippen molar-refractivity contribution < 1.29 is 14.6 Å². The third kappa shape index (κ3) is 12.3. The number of hydrogen-bond donors (Lipinski definition) is 1. The number of hydrogen-bond acceptors (Lipinski definition) is 3. The maximum atomic E-state index is 8.59. The van der Waals surface area contributed by atoms with E-state index in [9.17, 15) is 0 Å². The molecule has 0 fully saturated rings. The lowest BCUT2D eigenvalue weighted by atomic mass is 10.0. The van der Waals surface area contributed by atoms with E-state index in [-0.39, 0.29) is 6.61 Å². The number of unbranched alkanes of at least 4 members (excludes halogenated alkanes) is 4. The third-order valence-electron chi connectivity index (χ3n) is 3.08. The summed E-state index contributed by atoms with van der Waals surface area (Å²) in [7, 11) is 0. The first-order valence-corrected chi connectivity index (χ1v) is 7.65. The molecule has 0 aromatic heterocycles. The molecule has 0 radical (unpaired) electrons. The lowest BCUT2D eigenvalue weighted by Gasteiger charge is -2.17. The summed E-state index contributed by atoms with van der Waals surface area (Å²) < 4.78 is 11.1. The van der Waals surface area contributed by atoms with Gasteiger partial charge in [-0.2, -0.15) is 0 Å². The molecule has 0 rings (SSSR count). The SMILES string of the molecule is CCCCCCC(CCCC)OCCOCCO. The van der Waals surface area contributed by atoms with E-state index >= 15 is 0 Å². The van der Waals surface area contributed by atoms with E-state index in [0.717, 1.165) is 0 Å². The molecule has 1 N–H and O–H groups in total. The largest absolute Gasteiger partial charge is 0.394 e. The van der Waals surface area contributed by atoms with E-state index in [1.165, 1.54) is 51.4 Å². The van der Waals surface area contributed by atoms with Crippen molar-refractivity contribution in [1.29, 1.82) is 0 Å². The molecule has 0 aromatic rings. The molecule has 0 amide bonds. The standard InChI is InChI=1S/C15H32O3/c1-3-5-7-8-10-15(9-6-4-2)18-14-13-17-12-11-16/h15-16H,3-14H2,1-2H3. The average Bonchev–Trinajstić information content (AvgIpc) is 2.39. The smallest absolute Gasteiger partial charge is 0.0704 e. The molecule has 0 saturated heterocycles. The quantitative estimate of drug-likeness (QED) is 0.485. The van der Waals surface area contributed by atoms with Gasteiger partial charge < -0.3 is 14.6 Å². The number of ether oxygens (including phenoxy) is 2. The van der Waals surface area contributed by atoms with Gasteiger partial charge in [-0.3, -0.25) is 0 Å². The summed E-state index contributed by atoms with van der Waals surface area (Å²) in [6, 6.07) is 0. The molecule has 18 heavy (non-hydrogen) atoms. The first-order chi connectivity index (χ1) is 8.85. The van der Waals surface area contributed by atoms with Crippen LogP contribution in [0.5, 0.6) is 0 Å². The van der Waals surface area contributed by atoms with Crippen molar-refractivity contribution in [3.8, 4) is 0 Å². The zero-order chi connectivity index (χ0) is 13.5. The number of rotatable bonds is 14. The van der Waals surface area contributed by atoms with Crippen LogP contribution in [0, 0.1) is 0 Å². The summed E-state index contributed by atoms with van der Waals surface area (Å²) >= 11 is 0. The van der Waals surface area contributed by atoms with E-state index in [1.54, 1.807) is 0 Å². The topological polar surface area (TPSA) is 38.7 Å². The Morgan fingerprint density at radius 1 is 0.833 bits per heavy atom. The van der Waals surface area contributed by atoms with Gasteiger partial charge in [0.25, 0.3) is 0 Å². The Hall–Kier alpha value is -0.120. The van der Waals surface area contributed by atoms with Crippen molar-refractivity contribution in [2.24, 2.45) is 0 Å². The van der Waals surface area contributed by atoms with Crippen LogP contribution in [0.3, 0.4) is 0 Å². The lowest BCUT2D eigenvalue weighted by Crippen LogP contribution is -2.17. The molecule has 0 aliphatic carbocycles. The molecule has 0 aromatic carbocycles. The highest BCUT2D eigenvalue weighted by Gasteiger charge is 2.08. The second kappa shape index (κ2) is 14.9. The van der Waals surface area contributed by atoms with Crippen LogP contribution in [-0.2, 0) is 9.47 Å². The van der Waals surface area contributed by atoms with Crippen LogP contribution in [0.2, 0.25) is 0 Å². The van der Waals surface area contributed by atoms with Crippen molar-refractivity contribution in [1.82, 2.24) is 0 Å². The Labute approximate surface area is 113 Å². The highest BCUT2D eigenvalue weighted by atomic mass is 16.5. The summed E-state index contributed by atoms with van der Waals surface area (Å²) in [5, 5.41) is 8.59. The molecular formula is C15H32O3. The second-order valence-electron chi connectivity index (χ2n) is 4.82. The van der Waals surface area contributed by atoms with Crippen LogP contribution in [0.15, 0.2) is 0 Å². The highest BCUT2D eigenvalue weighted by Crippen LogP contribution is 2.14. The van der Waals surface area contributed by atoms with E-state index in [2.05, 4.69) is 13.8 Å². The zero-order valence-electron chi connectivity index (χ0n) is 12.3. The summed E-state index contributed by atoms with van der Waals surface area (Å²) in [4.78, 5) is 0. The van der Waals surface area contributed by atoms with Crippen LogP contribution in [0.1, 0.15) is 65.2 Å². The summed E-state index contributed by atoms with van der Waals surface area (Å²) in [6.07, 6.45) is 10.5. The maximum Gasteiger partial charge on any atom is 0.0704 e. The molecule has 1 unspecified atom stereocenters. The van der Waals surface area contributed by atoms with Crippen LogP contribution in [0.4, 0.5) is 0 Å². The van der Waals surface area contributed by atoms with Crippen molar-refractivity contribution >= 4 is 0 Å². The van der Waals surface area contributed by atoms with Gasteiger partial charge >= 0.3 is 0 Å². The molecular weight excluding hydrogens is 228 g/mol. The van der Waals surface area contributed by atoms with Crippen molar-refractivity contribution in [2.75, 3.05) is 26.4 Å². The van der Waals surface area contributed by atoms with Gasteiger partial charge in [-0.1, -0.05) is 52.4 Å². The second-order valence-corrected chi connectivity index (χ2v) is 4.82. The minimum absolute atomic E-state index is 0.0935. The van der Waals surface area contributed by atoms with E-state index in [0.29, 0.717) is 25.9 Å². The van der Waals surface area contributed by atoms with E-state index in [1.807, 2.05) is 0 Å². The van der Waals surface area contributed by atoms with Gasteiger partial charge in [0.05, 0.1) is 32.5 Å². The van der Waals surface area contributed by atoms with Gasteiger partial charge in [-0.25, -0.2) is 0 Å². The van der Waals surface area contributed by atoms with Crippen molar-refractivity contribution in [3.05, 3.63) is 0 Å². The van der Waals surface area contributed by atoms with E-state index < -0.39 is 0 Å². The van der Waals surface area contributed by atoms with Gasteiger partial charge in [-0.15, -0.1) is 0 Å². The van der Waals surface area contributed by atoms with Gasteiger partial charge in [0.15, 0.2) is 0 Å². The molecule has 0 heterocycles. The summed E-state index contributed by atoms with van der Waals surface area (Å²) in [5.74, 6) is 0. The first kappa shape index (κ1) is 17.9. The summed E-state index contributed by atoms with van der Waals surface area (Å²) in [5.41, 5.74) is 0. The Bertz CT molecular complexity index is 151. The van der Waals surface area contributed by atoms with Crippen LogP contribution in [-0.4, -0.2) is 37.6 Å². The molecule has 3 heteroatoms. The van der Waals surface area contributed by atoms with Crippen LogP contribution in [0.25, 0.3) is 0 Å². The fourth-order valence-corrected chi connectivity index (χ4v) is 1.98. The Morgan fingerprint density at radius 2 is 1.56 bits per heavy atom. The molecule has 0 bridgehead atoms. The predicted octanol–water partition coefficient (Wildman–Crippen LogP) is 3.54. The van der Waals surface area contributed by atoms with Gasteiger partial charge in [0.1, 0.15) is 0 Å². The fourth-order valence-electron chi connectivity index (χ4n) is 1.98. The van der Waals surface area contributed by atoms with E-state index in [4.69, 9.17) is 14.6 Å². The number of aliphatic hydroxyl groups excluding tert-OH is 1. The fraction of sp³-hybridized carbons (Fsp3) is 1.00. The third-order valence-corrected chi connectivity index (χ3v) is 3.08. The minimum Gasteiger partial charge on any atom is -0.394 e. The van der Waals surface area contributed by atoms with Crippen molar-refractivity contribution in [3.63, 3.8) is 0 Å². The average molecular weight is 260 g/mol. The molecule has 0 saturated carbocycles. The van der Waals surface area contributed by atoms with Gasteiger partial charge in [0.2, 0.25) is 0 Å². The normalized spacial score (nSPS) is 12.8. The molecule has 1 atom stereocenters. The first-order valence-electron chi connectivity index (χ1n) is 7.65. The van der Waals surface area contributed by atoms with Gasteiger partial charge in [0, 0.05) is 0 Å². The minimum atomic E-state index is 0.0935. The highest BCUT2D eigenvalue weighted by molar-refractivity contribution is 4.59. The Morgan fingerprint density at radius 3 is 2.22 bits per heavy atom. The lowest BCUT2D eigenvalue weighted by molar-refractivity contribution is -0.00990. The summed E-state index contributed by atoms with van der Waals surface area (Å²) in [6.45, 7) is 6.22. The maximum absolute atomic E-state index is 8.59. The monoisotopic (exact) mass is 260 g/mol. The number of aliphatic hydroxyl groups is 1. The van der Waals surface area contributed by atoms with Crippen LogP contribution < -0.4 is 0 Å². The van der Waals surface area contributed by atoms with Gasteiger partial charge in [-0.05, 0) is 12.8 Å². The molecule has 0 aliphatic heterocycles. The molecule has 0 spiro atoms. The van der Waals surface area contributed by atoms with Crippen LogP contribution >= 0.6 is 0 Å². The molecule has 3 nitrogen and oxygen atoms in total. The zero-order valence-corrected chi connectivity index (χ0v) is 12.3. The van der Waals surface area contributed by atoms with Crippen molar-refractivity contribution in [2.45, 2.75) is 71.3 Å². The Balaban J connectivity index is 3.56. The Kier molecular flexibility index (Phi) is 14.8. The molecule has 0 aliphatic rings. The predicted molar refractivity (Wildman–Crippen MR) is 75.9 cm³/mol. The molecule has 110 valence electrons.